The van der Waals surface area contributed by atoms with Gasteiger partial charge in [-0.3, -0.25) is 0 Å². The molecule has 0 saturated carbocycles. The molecule has 1 aromatic carbocycles. The SMILES string of the molecule is OB(O)c1cccc2c1CC2. The number of benzene rings is 1. The summed E-state index contributed by atoms with van der Waals surface area (Å²) in [6.07, 6.45) is 2.07. The van der Waals surface area contributed by atoms with Gasteiger partial charge < -0.3 is 10.0 Å². The van der Waals surface area contributed by atoms with Gasteiger partial charge in [-0.15, -0.1) is 0 Å². The van der Waals surface area contributed by atoms with E-state index in [0.717, 1.165) is 18.4 Å². The number of fused-ring (bicyclic) bond motifs is 1. The van der Waals surface area contributed by atoms with Crippen LogP contribution in [0.25, 0.3) is 0 Å². The van der Waals surface area contributed by atoms with Gasteiger partial charge in [0.2, 0.25) is 0 Å². The van der Waals surface area contributed by atoms with Crippen LogP contribution in [-0.2, 0) is 12.8 Å². The molecule has 0 saturated heterocycles. The minimum Gasteiger partial charge on any atom is -0.423 e. The molecular weight excluding hydrogens is 139 g/mol. The number of hydrogen-bond acceptors (Lipinski definition) is 2. The summed E-state index contributed by atoms with van der Waals surface area (Å²) in [7, 11) is -1.30. The molecule has 1 aliphatic carbocycles. The molecule has 0 amide bonds. The summed E-state index contributed by atoms with van der Waals surface area (Å²) in [5, 5.41) is 17.8. The van der Waals surface area contributed by atoms with E-state index in [-0.39, 0.29) is 0 Å². The van der Waals surface area contributed by atoms with Crippen LogP contribution in [0.4, 0.5) is 0 Å². The van der Waals surface area contributed by atoms with Crippen LogP contribution in [0.5, 0.6) is 0 Å². The van der Waals surface area contributed by atoms with Crippen LogP contribution < -0.4 is 5.46 Å². The minimum atomic E-state index is -1.30. The Morgan fingerprint density at radius 3 is 2.45 bits per heavy atom. The zero-order valence-corrected chi connectivity index (χ0v) is 6.12. The maximum absolute atomic E-state index is 8.92. The standard InChI is InChI=1S/C8H9BO2/c10-9(11)8-3-1-2-6-4-5-7(6)8/h1-3,10-11H,4-5H2. The highest BCUT2D eigenvalue weighted by atomic mass is 16.4. The van der Waals surface area contributed by atoms with Crippen LogP contribution >= 0.6 is 0 Å². The highest BCUT2D eigenvalue weighted by Crippen LogP contribution is 2.19. The van der Waals surface area contributed by atoms with Gasteiger partial charge in [0.25, 0.3) is 0 Å². The molecule has 0 heterocycles. The molecule has 1 aromatic rings. The average Bonchev–Trinajstić information content (AvgIpc) is 1.90. The third-order valence-corrected chi connectivity index (χ3v) is 2.23. The lowest BCUT2D eigenvalue weighted by molar-refractivity contribution is 0.425. The van der Waals surface area contributed by atoms with Crippen LogP contribution in [0.1, 0.15) is 11.1 Å². The first kappa shape index (κ1) is 6.89. The zero-order valence-electron chi connectivity index (χ0n) is 6.12. The Morgan fingerprint density at radius 2 is 2.00 bits per heavy atom. The van der Waals surface area contributed by atoms with Gasteiger partial charge in [-0.05, 0) is 29.4 Å². The molecule has 0 radical (unpaired) electrons. The smallest absolute Gasteiger partial charge is 0.423 e. The maximum Gasteiger partial charge on any atom is 0.488 e. The Balaban J connectivity index is 2.48. The van der Waals surface area contributed by atoms with Crippen molar-refractivity contribution in [1.29, 1.82) is 0 Å². The van der Waals surface area contributed by atoms with Crippen LogP contribution in [0.15, 0.2) is 18.2 Å². The molecule has 0 aliphatic heterocycles. The van der Waals surface area contributed by atoms with Gasteiger partial charge in [0.15, 0.2) is 0 Å². The molecule has 0 fully saturated rings. The fourth-order valence-electron chi connectivity index (χ4n) is 1.52. The van der Waals surface area contributed by atoms with Crippen LogP contribution in [-0.4, -0.2) is 17.2 Å². The predicted molar refractivity (Wildman–Crippen MR) is 43.7 cm³/mol. The van der Waals surface area contributed by atoms with Crippen molar-refractivity contribution >= 4 is 12.6 Å². The third kappa shape index (κ3) is 0.969. The van der Waals surface area contributed by atoms with Gasteiger partial charge in [-0.2, -0.15) is 0 Å². The maximum atomic E-state index is 8.92. The van der Waals surface area contributed by atoms with E-state index in [2.05, 4.69) is 0 Å². The van der Waals surface area contributed by atoms with Crippen molar-refractivity contribution in [3.8, 4) is 0 Å². The summed E-state index contributed by atoms with van der Waals surface area (Å²) in [5.74, 6) is 0. The summed E-state index contributed by atoms with van der Waals surface area (Å²) in [6.45, 7) is 0. The van der Waals surface area contributed by atoms with Crippen molar-refractivity contribution in [3.05, 3.63) is 29.3 Å². The molecule has 1 aliphatic rings. The normalized spacial score (nSPS) is 13.6. The van der Waals surface area contributed by atoms with Crippen molar-refractivity contribution in [2.24, 2.45) is 0 Å². The van der Waals surface area contributed by atoms with Crippen LogP contribution in [0.3, 0.4) is 0 Å². The fraction of sp³-hybridized carbons (Fsp3) is 0.250. The lowest BCUT2D eigenvalue weighted by Crippen LogP contribution is -2.36. The van der Waals surface area contributed by atoms with Crippen molar-refractivity contribution in [2.75, 3.05) is 0 Å². The highest BCUT2D eigenvalue weighted by molar-refractivity contribution is 6.59. The van der Waals surface area contributed by atoms with E-state index in [9.17, 15) is 0 Å². The van der Waals surface area contributed by atoms with Gasteiger partial charge in [-0.1, -0.05) is 18.2 Å². The first-order valence-electron chi connectivity index (χ1n) is 3.76. The Kier molecular flexibility index (Phi) is 1.48. The molecule has 56 valence electrons. The van der Waals surface area contributed by atoms with Gasteiger partial charge in [0.1, 0.15) is 0 Å². The number of aryl methyl sites for hydroxylation is 1. The predicted octanol–water partition coefficient (Wildman–Crippen LogP) is -0.535. The summed E-state index contributed by atoms with van der Waals surface area (Å²) in [4.78, 5) is 0. The Bertz CT molecular complexity index is 283. The van der Waals surface area contributed by atoms with E-state index < -0.39 is 7.12 Å². The second kappa shape index (κ2) is 2.36. The molecule has 3 heteroatoms. The molecule has 2 N–H and O–H groups in total. The second-order valence-electron chi connectivity index (χ2n) is 2.86. The van der Waals surface area contributed by atoms with Crippen molar-refractivity contribution in [2.45, 2.75) is 12.8 Å². The van der Waals surface area contributed by atoms with E-state index >= 15 is 0 Å². The topological polar surface area (TPSA) is 40.5 Å². The Labute approximate surface area is 65.6 Å². The number of rotatable bonds is 1. The molecular formula is C8H9BO2. The molecule has 2 nitrogen and oxygen atoms in total. The third-order valence-electron chi connectivity index (χ3n) is 2.23. The van der Waals surface area contributed by atoms with Gasteiger partial charge in [0, 0.05) is 0 Å². The van der Waals surface area contributed by atoms with Crippen molar-refractivity contribution in [3.63, 3.8) is 0 Å². The zero-order chi connectivity index (χ0) is 7.84. The molecule has 0 aromatic heterocycles. The first-order valence-corrected chi connectivity index (χ1v) is 3.76. The van der Waals surface area contributed by atoms with Gasteiger partial charge in [0.05, 0.1) is 0 Å². The lowest BCUT2D eigenvalue weighted by Gasteiger charge is -2.21. The fourth-order valence-corrected chi connectivity index (χ4v) is 1.52. The summed E-state index contributed by atoms with van der Waals surface area (Å²) >= 11 is 0. The summed E-state index contributed by atoms with van der Waals surface area (Å²) in [5.41, 5.74) is 3.06. The minimum absolute atomic E-state index is 0.675. The Morgan fingerprint density at radius 1 is 1.18 bits per heavy atom. The van der Waals surface area contributed by atoms with Crippen molar-refractivity contribution < 1.29 is 10.0 Å². The van der Waals surface area contributed by atoms with E-state index in [4.69, 9.17) is 10.0 Å². The first-order chi connectivity index (χ1) is 5.29. The van der Waals surface area contributed by atoms with Gasteiger partial charge >= 0.3 is 7.12 Å². The highest BCUT2D eigenvalue weighted by Gasteiger charge is 2.22. The lowest BCUT2D eigenvalue weighted by atomic mass is 9.70. The van der Waals surface area contributed by atoms with E-state index in [1.54, 1.807) is 6.07 Å². The largest absolute Gasteiger partial charge is 0.488 e. The molecule has 2 rings (SSSR count). The molecule has 0 unspecified atom stereocenters. The van der Waals surface area contributed by atoms with Crippen LogP contribution in [0.2, 0.25) is 0 Å². The molecule has 0 bridgehead atoms. The molecule has 0 atom stereocenters. The van der Waals surface area contributed by atoms with Crippen LogP contribution in [0, 0.1) is 0 Å². The average molecular weight is 148 g/mol. The second-order valence-corrected chi connectivity index (χ2v) is 2.86. The van der Waals surface area contributed by atoms with E-state index in [1.165, 1.54) is 5.56 Å². The van der Waals surface area contributed by atoms with Gasteiger partial charge in [-0.25, -0.2) is 0 Å². The molecule has 11 heavy (non-hydrogen) atoms. The quantitative estimate of drug-likeness (QED) is 0.525. The van der Waals surface area contributed by atoms with E-state index in [1.807, 2.05) is 12.1 Å². The molecule has 0 spiro atoms. The van der Waals surface area contributed by atoms with E-state index in [0.29, 0.717) is 5.46 Å². The summed E-state index contributed by atoms with van der Waals surface area (Å²) in [6, 6.07) is 5.67. The monoisotopic (exact) mass is 148 g/mol. The summed E-state index contributed by atoms with van der Waals surface area (Å²) < 4.78 is 0. The van der Waals surface area contributed by atoms with Crippen molar-refractivity contribution in [1.82, 2.24) is 0 Å². The Hall–Kier alpha value is -0.795. The number of hydrogen-bond donors (Lipinski definition) is 2.